The van der Waals surface area contributed by atoms with Crippen LogP contribution in [0.25, 0.3) is 0 Å². The van der Waals surface area contributed by atoms with E-state index in [1.807, 2.05) is 0 Å². The highest BCUT2D eigenvalue weighted by Gasteiger charge is 2.30. The van der Waals surface area contributed by atoms with E-state index in [1.165, 1.54) is 0 Å². The minimum Gasteiger partial charge on any atom is -0.463 e. The number of carbonyl (C=O) groups excluding carboxylic acids is 3. The van der Waals surface area contributed by atoms with Crippen molar-refractivity contribution in [1.82, 2.24) is 10.6 Å². The summed E-state index contributed by atoms with van der Waals surface area (Å²) in [5.74, 6) is -1.22. The number of rotatable bonds is 8. The second-order valence-electron chi connectivity index (χ2n) is 5.70. The van der Waals surface area contributed by atoms with Crippen LogP contribution in [-0.2, 0) is 14.3 Å². The molecule has 27 heavy (non-hydrogen) atoms. The van der Waals surface area contributed by atoms with Crippen LogP contribution in [0.15, 0.2) is 35.5 Å². The van der Waals surface area contributed by atoms with E-state index in [2.05, 4.69) is 16.0 Å². The smallest absolute Gasteiger partial charge is 0.340 e. The van der Waals surface area contributed by atoms with Crippen molar-refractivity contribution in [2.75, 3.05) is 31.7 Å². The van der Waals surface area contributed by atoms with Crippen molar-refractivity contribution < 1.29 is 29.0 Å². The number of ether oxygens (including phenoxy) is 2. The molecule has 4 N–H and O–H groups in total. The number of amides is 2. The summed E-state index contributed by atoms with van der Waals surface area (Å²) in [7, 11) is 0. The summed E-state index contributed by atoms with van der Waals surface area (Å²) < 4.78 is 10.3. The fourth-order valence-electron chi connectivity index (χ4n) is 2.61. The summed E-state index contributed by atoms with van der Waals surface area (Å²) >= 11 is 0. The molecule has 1 unspecified atom stereocenters. The van der Waals surface area contributed by atoms with Crippen LogP contribution < -0.4 is 16.0 Å². The van der Waals surface area contributed by atoms with E-state index in [4.69, 9.17) is 14.6 Å². The van der Waals surface area contributed by atoms with Gasteiger partial charge in [-0.25, -0.2) is 14.4 Å². The van der Waals surface area contributed by atoms with Crippen LogP contribution in [0.4, 0.5) is 10.5 Å². The molecular formula is C18H23N3O6. The Balaban J connectivity index is 2.17. The molecule has 1 heterocycles. The Morgan fingerprint density at radius 3 is 2.67 bits per heavy atom. The van der Waals surface area contributed by atoms with Crippen molar-refractivity contribution in [2.45, 2.75) is 19.9 Å². The molecule has 0 saturated carbocycles. The van der Waals surface area contributed by atoms with Crippen molar-refractivity contribution >= 4 is 23.7 Å². The molecule has 0 aliphatic carbocycles. The second-order valence-corrected chi connectivity index (χ2v) is 5.70. The average Bonchev–Trinajstić information content (AvgIpc) is 2.64. The molecule has 0 aromatic heterocycles. The van der Waals surface area contributed by atoms with Gasteiger partial charge < -0.3 is 30.5 Å². The monoisotopic (exact) mass is 377 g/mol. The van der Waals surface area contributed by atoms with Crippen molar-refractivity contribution in [3.8, 4) is 0 Å². The molecule has 1 aliphatic rings. The topological polar surface area (TPSA) is 126 Å². The van der Waals surface area contributed by atoms with Crippen LogP contribution in [0.2, 0.25) is 0 Å². The Labute approximate surface area is 156 Å². The minimum absolute atomic E-state index is 0.0872. The molecule has 9 heteroatoms. The number of benzene rings is 1. The molecular weight excluding hydrogens is 354 g/mol. The van der Waals surface area contributed by atoms with Gasteiger partial charge in [0.1, 0.15) is 6.61 Å². The van der Waals surface area contributed by atoms with Crippen LogP contribution in [-0.4, -0.2) is 55.5 Å². The van der Waals surface area contributed by atoms with Crippen LogP contribution in [0.1, 0.15) is 24.2 Å². The zero-order valence-electron chi connectivity index (χ0n) is 15.2. The maximum atomic E-state index is 12.4. The fourth-order valence-corrected chi connectivity index (χ4v) is 2.61. The number of anilines is 1. The number of nitrogens with one attached hydrogen (secondary N) is 3. The number of aliphatic hydroxyl groups excluding tert-OH is 1. The molecule has 0 spiro atoms. The maximum absolute atomic E-state index is 12.4. The van der Waals surface area contributed by atoms with Crippen molar-refractivity contribution in [3.63, 3.8) is 0 Å². The SMILES string of the molecule is CCOC(=O)C1=C(COC(=O)c2ccccc2NCCO)NC(=O)NC1C. The molecule has 1 aromatic carbocycles. The van der Waals surface area contributed by atoms with E-state index >= 15 is 0 Å². The van der Waals surface area contributed by atoms with E-state index in [0.717, 1.165) is 0 Å². The number of urea groups is 1. The van der Waals surface area contributed by atoms with Gasteiger partial charge in [0, 0.05) is 12.2 Å². The van der Waals surface area contributed by atoms with Crippen LogP contribution in [0.3, 0.4) is 0 Å². The van der Waals surface area contributed by atoms with Gasteiger partial charge in [0.15, 0.2) is 0 Å². The Hall–Kier alpha value is -3.07. The summed E-state index contributed by atoms with van der Waals surface area (Å²) in [6, 6.07) is 5.61. The highest BCUT2D eigenvalue weighted by Crippen LogP contribution is 2.18. The van der Waals surface area contributed by atoms with Gasteiger partial charge in [-0.15, -0.1) is 0 Å². The van der Waals surface area contributed by atoms with E-state index in [1.54, 1.807) is 38.1 Å². The van der Waals surface area contributed by atoms with Crippen LogP contribution in [0, 0.1) is 0 Å². The van der Waals surface area contributed by atoms with E-state index in [0.29, 0.717) is 5.69 Å². The van der Waals surface area contributed by atoms with Crippen LogP contribution >= 0.6 is 0 Å². The summed E-state index contributed by atoms with van der Waals surface area (Å²) in [6.07, 6.45) is 0. The molecule has 0 fully saturated rings. The van der Waals surface area contributed by atoms with E-state index in [-0.39, 0.29) is 43.2 Å². The molecule has 1 aliphatic heterocycles. The number of hydrogen-bond donors (Lipinski definition) is 4. The van der Waals surface area contributed by atoms with Gasteiger partial charge in [0.25, 0.3) is 0 Å². The largest absolute Gasteiger partial charge is 0.463 e. The number of hydrogen-bond acceptors (Lipinski definition) is 7. The number of carbonyl (C=O) groups is 3. The third kappa shape index (κ3) is 5.20. The highest BCUT2D eigenvalue weighted by atomic mass is 16.5. The molecule has 146 valence electrons. The van der Waals surface area contributed by atoms with Crippen molar-refractivity contribution in [3.05, 3.63) is 41.1 Å². The van der Waals surface area contributed by atoms with Gasteiger partial charge in [-0.2, -0.15) is 0 Å². The van der Waals surface area contributed by atoms with Gasteiger partial charge in [-0.1, -0.05) is 12.1 Å². The first-order chi connectivity index (χ1) is 13.0. The number of esters is 2. The van der Waals surface area contributed by atoms with Gasteiger partial charge in [0.05, 0.1) is 36.1 Å². The number of para-hydroxylation sites is 1. The van der Waals surface area contributed by atoms with Crippen LogP contribution in [0.5, 0.6) is 0 Å². The fraction of sp³-hybridized carbons (Fsp3) is 0.389. The number of aliphatic hydroxyl groups is 1. The summed E-state index contributed by atoms with van der Waals surface area (Å²) in [4.78, 5) is 36.3. The summed E-state index contributed by atoms with van der Waals surface area (Å²) in [6.45, 7) is 3.39. The van der Waals surface area contributed by atoms with Gasteiger partial charge >= 0.3 is 18.0 Å². The Bertz CT molecular complexity index is 746. The second kappa shape index (κ2) is 9.58. The molecule has 0 bridgehead atoms. The lowest BCUT2D eigenvalue weighted by Gasteiger charge is -2.26. The standard InChI is InChI=1S/C18H23N3O6/c1-3-26-17(24)15-11(2)20-18(25)21-14(15)10-27-16(23)12-6-4-5-7-13(12)19-8-9-22/h4-7,11,19,22H,3,8-10H2,1-2H3,(H2,20,21,25). The first-order valence-corrected chi connectivity index (χ1v) is 8.56. The quantitative estimate of drug-likeness (QED) is 0.493. The molecule has 1 aromatic rings. The minimum atomic E-state index is -0.632. The lowest BCUT2D eigenvalue weighted by Crippen LogP contribution is -2.50. The lowest BCUT2D eigenvalue weighted by molar-refractivity contribution is -0.139. The molecule has 1 atom stereocenters. The highest BCUT2D eigenvalue weighted by molar-refractivity contribution is 5.97. The zero-order chi connectivity index (χ0) is 19.8. The summed E-state index contributed by atoms with van der Waals surface area (Å²) in [5, 5.41) is 16.9. The van der Waals surface area contributed by atoms with Crippen molar-refractivity contribution in [2.24, 2.45) is 0 Å². The first-order valence-electron chi connectivity index (χ1n) is 8.56. The molecule has 2 amide bonds. The predicted molar refractivity (Wildman–Crippen MR) is 97.1 cm³/mol. The van der Waals surface area contributed by atoms with Gasteiger partial charge in [0.2, 0.25) is 0 Å². The Morgan fingerprint density at radius 1 is 1.22 bits per heavy atom. The third-order valence-electron chi connectivity index (χ3n) is 3.79. The van der Waals surface area contributed by atoms with Crippen molar-refractivity contribution in [1.29, 1.82) is 0 Å². The lowest BCUT2D eigenvalue weighted by atomic mass is 10.0. The van der Waals surface area contributed by atoms with E-state index < -0.39 is 24.0 Å². The average molecular weight is 377 g/mol. The molecule has 9 nitrogen and oxygen atoms in total. The molecule has 2 rings (SSSR count). The maximum Gasteiger partial charge on any atom is 0.340 e. The first kappa shape index (κ1) is 20.2. The Morgan fingerprint density at radius 2 is 1.96 bits per heavy atom. The Kier molecular flexibility index (Phi) is 7.18. The van der Waals surface area contributed by atoms with Gasteiger partial charge in [-0.3, -0.25) is 0 Å². The molecule has 0 saturated heterocycles. The zero-order valence-corrected chi connectivity index (χ0v) is 15.2. The summed E-state index contributed by atoms with van der Waals surface area (Å²) in [5.41, 5.74) is 1.17. The van der Waals surface area contributed by atoms with Gasteiger partial charge in [-0.05, 0) is 26.0 Å². The third-order valence-corrected chi connectivity index (χ3v) is 3.79. The predicted octanol–water partition coefficient (Wildman–Crippen LogP) is 0.766. The molecule has 0 radical (unpaired) electrons. The normalized spacial score (nSPS) is 16.3. The van der Waals surface area contributed by atoms with E-state index in [9.17, 15) is 14.4 Å².